The van der Waals surface area contributed by atoms with Crippen LogP contribution >= 0.6 is 11.6 Å². The van der Waals surface area contributed by atoms with Crippen LogP contribution in [0.5, 0.6) is 0 Å². The van der Waals surface area contributed by atoms with Crippen molar-refractivity contribution in [3.63, 3.8) is 0 Å². The van der Waals surface area contributed by atoms with Crippen LogP contribution in [0.3, 0.4) is 0 Å². The standard InChI is InChI=1S/C9H10ClNO2/c1-9(13,8(11)12)6-3-2-4-7(10)5-6/h2-5,13H,1H3,(H2,11,12)/t9-/m1/s1. The van der Waals surface area contributed by atoms with Crippen molar-refractivity contribution >= 4 is 17.5 Å². The number of primary amides is 1. The number of hydrogen-bond acceptors (Lipinski definition) is 2. The summed E-state index contributed by atoms with van der Waals surface area (Å²) in [4.78, 5) is 10.9. The summed E-state index contributed by atoms with van der Waals surface area (Å²) in [6.45, 7) is 1.33. The first-order chi connectivity index (χ1) is 5.94. The molecule has 0 radical (unpaired) electrons. The van der Waals surface area contributed by atoms with Crippen molar-refractivity contribution in [2.24, 2.45) is 5.73 Å². The van der Waals surface area contributed by atoms with Crippen molar-refractivity contribution in [1.82, 2.24) is 0 Å². The maximum atomic E-state index is 10.9. The number of hydrogen-bond donors (Lipinski definition) is 2. The van der Waals surface area contributed by atoms with Crippen molar-refractivity contribution in [1.29, 1.82) is 0 Å². The third-order valence-electron chi connectivity index (χ3n) is 1.87. The minimum absolute atomic E-state index is 0.396. The number of benzene rings is 1. The molecule has 70 valence electrons. The molecule has 13 heavy (non-hydrogen) atoms. The molecule has 0 bridgehead atoms. The highest BCUT2D eigenvalue weighted by atomic mass is 35.5. The molecular weight excluding hydrogens is 190 g/mol. The molecule has 1 aromatic rings. The van der Waals surface area contributed by atoms with Crippen LogP contribution < -0.4 is 5.73 Å². The number of halogens is 1. The Labute approximate surface area is 81.1 Å². The van der Waals surface area contributed by atoms with E-state index >= 15 is 0 Å². The van der Waals surface area contributed by atoms with Crippen LogP contribution in [0.1, 0.15) is 12.5 Å². The molecule has 1 amide bonds. The molecule has 0 unspecified atom stereocenters. The summed E-state index contributed by atoms with van der Waals surface area (Å²) in [5.41, 5.74) is 3.75. The van der Waals surface area contributed by atoms with Gasteiger partial charge in [0.05, 0.1) is 0 Å². The van der Waals surface area contributed by atoms with Gasteiger partial charge < -0.3 is 10.8 Å². The van der Waals surface area contributed by atoms with Crippen LogP contribution in [0.15, 0.2) is 24.3 Å². The molecule has 0 aliphatic rings. The van der Waals surface area contributed by atoms with E-state index in [2.05, 4.69) is 0 Å². The summed E-state index contributed by atoms with van der Waals surface area (Å²) < 4.78 is 0. The van der Waals surface area contributed by atoms with E-state index in [0.29, 0.717) is 10.6 Å². The van der Waals surface area contributed by atoms with Gasteiger partial charge in [-0.2, -0.15) is 0 Å². The van der Waals surface area contributed by atoms with Crippen molar-refractivity contribution in [3.05, 3.63) is 34.9 Å². The minimum atomic E-state index is -1.66. The number of carbonyl (C=O) groups is 1. The maximum Gasteiger partial charge on any atom is 0.253 e. The second-order valence-corrected chi connectivity index (χ2v) is 3.38. The predicted molar refractivity (Wildman–Crippen MR) is 50.2 cm³/mol. The topological polar surface area (TPSA) is 63.3 Å². The highest BCUT2D eigenvalue weighted by molar-refractivity contribution is 6.30. The molecule has 3 nitrogen and oxygen atoms in total. The fourth-order valence-electron chi connectivity index (χ4n) is 0.934. The number of amides is 1. The average molecular weight is 200 g/mol. The Morgan fingerprint density at radius 2 is 2.23 bits per heavy atom. The Morgan fingerprint density at radius 1 is 1.62 bits per heavy atom. The Hall–Kier alpha value is -1.06. The molecule has 0 fully saturated rings. The van der Waals surface area contributed by atoms with E-state index in [1.807, 2.05) is 0 Å². The lowest BCUT2D eigenvalue weighted by Crippen LogP contribution is -2.38. The van der Waals surface area contributed by atoms with E-state index in [-0.39, 0.29) is 0 Å². The minimum Gasteiger partial charge on any atom is -0.376 e. The fourth-order valence-corrected chi connectivity index (χ4v) is 1.12. The molecule has 4 heteroatoms. The van der Waals surface area contributed by atoms with Crippen molar-refractivity contribution < 1.29 is 9.90 Å². The van der Waals surface area contributed by atoms with Gasteiger partial charge in [-0.15, -0.1) is 0 Å². The van der Waals surface area contributed by atoms with Crippen molar-refractivity contribution in [3.8, 4) is 0 Å². The van der Waals surface area contributed by atoms with E-state index in [9.17, 15) is 9.90 Å². The zero-order chi connectivity index (χ0) is 10.1. The maximum absolute atomic E-state index is 10.9. The largest absolute Gasteiger partial charge is 0.376 e. The molecule has 1 aromatic carbocycles. The lowest BCUT2D eigenvalue weighted by Gasteiger charge is -2.19. The van der Waals surface area contributed by atoms with Gasteiger partial charge in [-0.3, -0.25) is 4.79 Å². The summed E-state index contributed by atoms with van der Waals surface area (Å²) in [6, 6.07) is 6.40. The van der Waals surface area contributed by atoms with E-state index in [0.717, 1.165) is 0 Å². The van der Waals surface area contributed by atoms with Crippen LogP contribution in [0.2, 0.25) is 5.02 Å². The zero-order valence-corrected chi connectivity index (χ0v) is 7.88. The van der Waals surface area contributed by atoms with E-state index < -0.39 is 11.5 Å². The lowest BCUT2D eigenvalue weighted by molar-refractivity contribution is -0.135. The lowest BCUT2D eigenvalue weighted by atomic mass is 9.96. The summed E-state index contributed by atoms with van der Waals surface area (Å²) in [7, 11) is 0. The summed E-state index contributed by atoms with van der Waals surface area (Å²) in [6.07, 6.45) is 0. The molecule has 0 heterocycles. The number of nitrogens with two attached hydrogens (primary N) is 1. The molecule has 0 saturated heterocycles. The van der Waals surface area contributed by atoms with Crippen LogP contribution in [0.4, 0.5) is 0 Å². The fraction of sp³-hybridized carbons (Fsp3) is 0.222. The third kappa shape index (κ3) is 1.99. The molecular formula is C9H10ClNO2. The molecule has 0 spiro atoms. The normalized spacial score (nSPS) is 15.0. The summed E-state index contributed by atoms with van der Waals surface area (Å²) >= 11 is 5.69. The molecule has 3 N–H and O–H groups in total. The quantitative estimate of drug-likeness (QED) is 0.748. The Bertz CT molecular complexity index is 336. The monoisotopic (exact) mass is 199 g/mol. The van der Waals surface area contributed by atoms with E-state index in [4.69, 9.17) is 17.3 Å². The van der Waals surface area contributed by atoms with Crippen molar-refractivity contribution in [2.45, 2.75) is 12.5 Å². The van der Waals surface area contributed by atoms with Gasteiger partial charge in [0.1, 0.15) is 0 Å². The van der Waals surface area contributed by atoms with Gasteiger partial charge in [0.2, 0.25) is 0 Å². The second kappa shape index (κ2) is 3.36. The Balaban J connectivity index is 3.14. The van der Waals surface area contributed by atoms with Gasteiger partial charge >= 0.3 is 0 Å². The number of aliphatic hydroxyl groups is 1. The molecule has 1 atom stereocenters. The highest BCUT2D eigenvalue weighted by Gasteiger charge is 2.29. The SMILES string of the molecule is C[C@](O)(C(N)=O)c1cccc(Cl)c1. The third-order valence-corrected chi connectivity index (χ3v) is 2.10. The first-order valence-corrected chi connectivity index (χ1v) is 4.10. The van der Waals surface area contributed by atoms with E-state index in [1.165, 1.54) is 13.0 Å². The zero-order valence-electron chi connectivity index (χ0n) is 7.12. The van der Waals surface area contributed by atoms with Crippen molar-refractivity contribution in [2.75, 3.05) is 0 Å². The average Bonchev–Trinajstić information content (AvgIpc) is 2.04. The molecule has 1 rings (SSSR count). The van der Waals surface area contributed by atoms with Gasteiger partial charge in [-0.05, 0) is 24.6 Å². The number of carbonyl (C=O) groups excluding carboxylic acids is 1. The molecule has 0 aromatic heterocycles. The van der Waals surface area contributed by atoms with Crippen LogP contribution in [0.25, 0.3) is 0 Å². The van der Waals surface area contributed by atoms with Crippen LogP contribution in [0, 0.1) is 0 Å². The molecule has 0 aliphatic carbocycles. The van der Waals surface area contributed by atoms with Crippen LogP contribution in [-0.2, 0) is 10.4 Å². The Morgan fingerprint density at radius 3 is 2.69 bits per heavy atom. The van der Waals surface area contributed by atoms with Gasteiger partial charge in [0.15, 0.2) is 5.60 Å². The van der Waals surface area contributed by atoms with E-state index in [1.54, 1.807) is 18.2 Å². The second-order valence-electron chi connectivity index (χ2n) is 2.95. The Kier molecular flexibility index (Phi) is 2.59. The highest BCUT2D eigenvalue weighted by Crippen LogP contribution is 2.22. The molecule has 0 aliphatic heterocycles. The van der Waals surface area contributed by atoms with Crippen LogP contribution in [-0.4, -0.2) is 11.0 Å². The summed E-state index contributed by atoms with van der Waals surface area (Å²) in [5, 5.41) is 10.1. The van der Waals surface area contributed by atoms with Gasteiger partial charge in [-0.1, -0.05) is 23.7 Å². The van der Waals surface area contributed by atoms with Gasteiger partial charge in [0, 0.05) is 5.02 Å². The van der Waals surface area contributed by atoms with Gasteiger partial charge in [-0.25, -0.2) is 0 Å². The molecule has 0 saturated carbocycles. The summed E-state index contributed by atoms with van der Waals surface area (Å²) in [5.74, 6) is -0.797. The van der Waals surface area contributed by atoms with Gasteiger partial charge in [0.25, 0.3) is 5.91 Å². The smallest absolute Gasteiger partial charge is 0.253 e. The predicted octanol–water partition coefficient (Wildman–Crippen LogP) is 1.03. The first kappa shape index (κ1) is 10.0. The number of rotatable bonds is 2. The first-order valence-electron chi connectivity index (χ1n) is 3.73.